The Kier molecular flexibility index (Phi) is 7.48. The topological polar surface area (TPSA) is 96.9 Å². The largest absolute Gasteiger partial charge is 0.493 e. The van der Waals surface area contributed by atoms with Gasteiger partial charge in [-0.3, -0.25) is 14.8 Å². The molecule has 0 saturated heterocycles. The van der Waals surface area contributed by atoms with Gasteiger partial charge in [0.15, 0.2) is 18.1 Å². The van der Waals surface area contributed by atoms with Crippen LogP contribution in [0.5, 0.6) is 11.5 Å². The van der Waals surface area contributed by atoms with E-state index < -0.39 is 5.91 Å². The van der Waals surface area contributed by atoms with Gasteiger partial charge in [0.05, 0.1) is 17.2 Å². The van der Waals surface area contributed by atoms with Gasteiger partial charge in [0.1, 0.15) is 0 Å². The minimum absolute atomic E-state index is 0.251. The van der Waals surface area contributed by atoms with Crippen molar-refractivity contribution in [2.75, 3.05) is 19.0 Å². The quantitative estimate of drug-likeness (QED) is 0.368. The van der Waals surface area contributed by atoms with Crippen LogP contribution in [-0.2, 0) is 9.59 Å². The van der Waals surface area contributed by atoms with Crippen LogP contribution in [0, 0.1) is 0 Å². The van der Waals surface area contributed by atoms with Gasteiger partial charge in [0, 0.05) is 11.8 Å². The van der Waals surface area contributed by atoms with Crippen molar-refractivity contribution in [3.63, 3.8) is 0 Å². The summed E-state index contributed by atoms with van der Waals surface area (Å²) in [6.45, 7) is -0.251. The van der Waals surface area contributed by atoms with Crippen molar-refractivity contribution in [2.45, 2.75) is 0 Å². The molecule has 3 N–H and O–H groups in total. The highest BCUT2D eigenvalue weighted by Crippen LogP contribution is 2.29. The number of amides is 2. The molecule has 0 aliphatic rings. The first-order chi connectivity index (χ1) is 12.9. The average molecular weight is 411 g/mol. The maximum Gasteiger partial charge on any atom is 0.267 e. The summed E-state index contributed by atoms with van der Waals surface area (Å²) in [4.78, 5) is 23.0. The fourth-order valence-electron chi connectivity index (χ4n) is 2.03. The summed E-state index contributed by atoms with van der Waals surface area (Å²) in [7, 11) is 1.45. The Morgan fingerprint density at radius 3 is 2.56 bits per heavy atom. The predicted octanol–water partition coefficient (Wildman–Crippen LogP) is 3.54. The molecule has 142 valence electrons. The van der Waals surface area contributed by atoms with Crippen molar-refractivity contribution >= 4 is 46.8 Å². The molecular weight excluding hydrogens is 395 g/mol. The number of methoxy groups -OCH3 is 1. The molecule has 0 fully saturated rings. The van der Waals surface area contributed by atoms with Crippen LogP contribution in [0.4, 0.5) is 5.69 Å². The number of anilines is 1. The Balaban J connectivity index is 1.99. The van der Waals surface area contributed by atoms with E-state index >= 15 is 0 Å². The number of halogens is 2. The molecule has 7 nitrogen and oxygen atoms in total. The van der Waals surface area contributed by atoms with Gasteiger partial charge in [0.25, 0.3) is 11.8 Å². The number of carbonyl (C=O) groups is 2. The highest BCUT2D eigenvalue weighted by atomic mass is 35.5. The molecule has 2 aromatic rings. The van der Waals surface area contributed by atoms with E-state index in [0.29, 0.717) is 32.8 Å². The third kappa shape index (κ3) is 6.18. The van der Waals surface area contributed by atoms with Crippen LogP contribution < -0.4 is 20.3 Å². The molecule has 0 heterocycles. The Hall–Kier alpha value is -2.74. The lowest BCUT2D eigenvalue weighted by Gasteiger charge is -2.12. The Morgan fingerprint density at radius 2 is 1.89 bits per heavy atom. The molecule has 2 amide bonds. The van der Waals surface area contributed by atoms with Crippen LogP contribution in [0.25, 0.3) is 6.08 Å². The number of carbonyl (C=O) groups excluding carboxylic acids is 2. The number of hydrogen-bond acceptors (Lipinski definition) is 5. The number of benzene rings is 2. The lowest BCUT2D eigenvalue weighted by molar-refractivity contribution is -0.124. The van der Waals surface area contributed by atoms with Crippen molar-refractivity contribution in [2.24, 2.45) is 0 Å². The SMILES string of the molecule is COc1cc(/C=C/C(=O)NO)ccc1OCC(=O)Nc1ccc(Cl)c(Cl)c1. The van der Waals surface area contributed by atoms with Crippen molar-refractivity contribution in [3.8, 4) is 11.5 Å². The van der Waals surface area contributed by atoms with Gasteiger partial charge < -0.3 is 14.8 Å². The Labute approximate surface area is 165 Å². The average Bonchev–Trinajstić information content (AvgIpc) is 2.67. The van der Waals surface area contributed by atoms with E-state index in [0.717, 1.165) is 6.08 Å². The molecule has 0 atom stereocenters. The minimum Gasteiger partial charge on any atom is -0.493 e. The van der Waals surface area contributed by atoms with Crippen molar-refractivity contribution < 1.29 is 24.3 Å². The highest BCUT2D eigenvalue weighted by molar-refractivity contribution is 6.42. The van der Waals surface area contributed by atoms with E-state index in [1.165, 1.54) is 24.7 Å². The van der Waals surface area contributed by atoms with Crippen LogP contribution in [-0.4, -0.2) is 30.7 Å². The number of rotatable bonds is 7. The smallest absolute Gasteiger partial charge is 0.267 e. The van der Waals surface area contributed by atoms with Gasteiger partial charge in [-0.05, 0) is 42.0 Å². The Morgan fingerprint density at radius 1 is 1.11 bits per heavy atom. The second-order valence-corrected chi connectivity index (χ2v) is 6.00. The number of hydroxylamine groups is 1. The molecule has 0 radical (unpaired) electrons. The zero-order chi connectivity index (χ0) is 19.8. The summed E-state index contributed by atoms with van der Waals surface area (Å²) in [6, 6.07) is 9.61. The highest BCUT2D eigenvalue weighted by Gasteiger charge is 2.09. The molecule has 27 heavy (non-hydrogen) atoms. The Bertz CT molecular complexity index is 871. The van der Waals surface area contributed by atoms with Gasteiger partial charge in [-0.25, -0.2) is 5.48 Å². The molecule has 0 saturated carbocycles. The molecule has 2 rings (SSSR count). The number of hydrogen-bond donors (Lipinski definition) is 3. The third-order valence-electron chi connectivity index (χ3n) is 3.29. The molecule has 0 spiro atoms. The van der Waals surface area contributed by atoms with E-state index in [2.05, 4.69) is 5.32 Å². The van der Waals surface area contributed by atoms with E-state index in [9.17, 15) is 9.59 Å². The van der Waals surface area contributed by atoms with E-state index in [1.807, 2.05) is 0 Å². The maximum atomic E-state index is 12.0. The lowest BCUT2D eigenvalue weighted by Crippen LogP contribution is -2.20. The van der Waals surface area contributed by atoms with Gasteiger partial charge in [0.2, 0.25) is 0 Å². The summed E-state index contributed by atoms with van der Waals surface area (Å²) in [5.41, 5.74) is 2.63. The standard InChI is InChI=1S/C18H16Cl2N2O5/c1-26-16-8-11(3-7-17(23)22-25)2-6-15(16)27-10-18(24)21-12-4-5-13(19)14(20)9-12/h2-9,25H,10H2,1H3,(H,21,24)(H,22,23)/b7-3+. The summed E-state index contributed by atoms with van der Waals surface area (Å²) in [5, 5.41) is 11.8. The summed E-state index contributed by atoms with van der Waals surface area (Å²) >= 11 is 11.7. The first-order valence-electron chi connectivity index (χ1n) is 7.61. The normalized spacial score (nSPS) is 10.5. The predicted molar refractivity (Wildman–Crippen MR) is 103 cm³/mol. The summed E-state index contributed by atoms with van der Waals surface area (Å²) in [6.07, 6.45) is 2.63. The molecular formula is C18H16Cl2N2O5. The monoisotopic (exact) mass is 410 g/mol. The van der Waals surface area contributed by atoms with Crippen LogP contribution in [0.2, 0.25) is 10.0 Å². The minimum atomic E-state index is -0.659. The van der Waals surface area contributed by atoms with Gasteiger partial charge in [-0.2, -0.15) is 0 Å². The van der Waals surface area contributed by atoms with Crippen molar-refractivity contribution in [1.82, 2.24) is 5.48 Å². The molecule has 0 bridgehead atoms. The van der Waals surface area contributed by atoms with Gasteiger partial charge in [-0.15, -0.1) is 0 Å². The summed E-state index contributed by atoms with van der Waals surface area (Å²) < 4.78 is 10.7. The van der Waals surface area contributed by atoms with Crippen LogP contribution in [0.3, 0.4) is 0 Å². The zero-order valence-corrected chi connectivity index (χ0v) is 15.7. The molecule has 9 heteroatoms. The molecule has 2 aromatic carbocycles. The van der Waals surface area contributed by atoms with Crippen LogP contribution in [0.1, 0.15) is 5.56 Å². The van der Waals surface area contributed by atoms with Gasteiger partial charge in [-0.1, -0.05) is 29.3 Å². The molecule has 0 aliphatic carbocycles. The lowest BCUT2D eigenvalue weighted by atomic mass is 10.2. The number of ether oxygens (including phenoxy) is 2. The van der Waals surface area contributed by atoms with Crippen LogP contribution >= 0.6 is 23.2 Å². The van der Waals surface area contributed by atoms with E-state index in [-0.39, 0.29) is 12.5 Å². The van der Waals surface area contributed by atoms with Crippen molar-refractivity contribution in [1.29, 1.82) is 0 Å². The fraction of sp³-hybridized carbons (Fsp3) is 0.111. The summed E-state index contributed by atoms with van der Waals surface area (Å²) in [5.74, 6) is -0.318. The molecule has 0 unspecified atom stereocenters. The molecule has 0 aromatic heterocycles. The van der Waals surface area contributed by atoms with Crippen molar-refractivity contribution in [3.05, 3.63) is 58.1 Å². The fourth-order valence-corrected chi connectivity index (χ4v) is 2.33. The zero-order valence-electron chi connectivity index (χ0n) is 14.2. The second kappa shape index (κ2) is 9.82. The van der Waals surface area contributed by atoms with E-state index in [1.54, 1.807) is 30.3 Å². The number of nitrogens with one attached hydrogen (secondary N) is 2. The first kappa shape index (κ1) is 20.6. The van der Waals surface area contributed by atoms with Gasteiger partial charge >= 0.3 is 0 Å². The maximum absolute atomic E-state index is 12.0. The second-order valence-electron chi connectivity index (χ2n) is 5.19. The van der Waals surface area contributed by atoms with E-state index in [4.69, 9.17) is 37.9 Å². The molecule has 0 aliphatic heterocycles. The first-order valence-corrected chi connectivity index (χ1v) is 8.36. The van der Waals surface area contributed by atoms with Crippen LogP contribution in [0.15, 0.2) is 42.5 Å². The third-order valence-corrected chi connectivity index (χ3v) is 4.03.